The van der Waals surface area contributed by atoms with E-state index in [1.54, 1.807) is 0 Å². The SMILES string of the molecule is Cc1ccc(C)[nH+]c1.O=C1C(O)=C(Br)C(=O)C([O-])=C1Br. The molecule has 0 spiro atoms. The second-order valence-corrected chi connectivity index (χ2v) is 5.60. The number of aromatic nitrogens is 1. The van der Waals surface area contributed by atoms with Crippen LogP contribution in [0.4, 0.5) is 0 Å². The Bertz CT molecular complexity index is 535. The van der Waals surface area contributed by atoms with E-state index in [0.717, 1.165) is 0 Å². The van der Waals surface area contributed by atoms with Crippen molar-refractivity contribution in [1.82, 2.24) is 0 Å². The minimum atomic E-state index is -0.954. The van der Waals surface area contributed by atoms with Gasteiger partial charge in [0.1, 0.15) is 4.48 Å². The average molecular weight is 405 g/mol. The average Bonchev–Trinajstić information content (AvgIpc) is 2.45. The summed E-state index contributed by atoms with van der Waals surface area (Å²) in [6.45, 7) is 4.11. The van der Waals surface area contributed by atoms with Crippen molar-refractivity contribution in [2.75, 3.05) is 0 Å². The summed E-state index contributed by atoms with van der Waals surface area (Å²) in [6, 6.07) is 4.15. The number of ketones is 2. The Balaban J connectivity index is 0.000000217. The van der Waals surface area contributed by atoms with Crippen LogP contribution in [0.5, 0.6) is 0 Å². The molecule has 0 amide bonds. The number of hydrogen-bond donors (Lipinski definition) is 1. The Labute approximate surface area is 132 Å². The monoisotopic (exact) mass is 403 g/mol. The number of H-pyrrole nitrogens is 1. The quantitative estimate of drug-likeness (QED) is 0.661. The van der Waals surface area contributed by atoms with Crippen LogP contribution in [0.15, 0.2) is 38.8 Å². The van der Waals surface area contributed by atoms with Gasteiger partial charge >= 0.3 is 0 Å². The molecule has 1 aromatic heterocycles. The van der Waals surface area contributed by atoms with Gasteiger partial charge in [0.05, 0.1) is 4.48 Å². The molecular weight excluding hydrogens is 394 g/mol. The van der Waals surface area contributed by atoms with E-state index in [0.29, 0.717) is 0 Å². The second-order valence-electron chi connectivity index (χ2n) is 4.01. The van der Waals surface area contributed by atoms with Crippen LogP contribution >= 0.6 is 31.9 Å². The topological polar surface area (TPSA) is 91.6 Å². The lowest BCUT2D eigenvalue weighted by Gasteiger charge is -2.17. The van der Waals surface area contributed by atoms with Crippen molar-refractivity contribution in [2.24, 2.45) is 0 Å². The highest BCUT2D eigenvalue weighted by atomic mass is 79.9. The number of Topliss-reactive ketones (excluding diaryl/α,β-unsaturated/α-hetero) is 2. The molecule has 0 saturated carbocycles. The van der Waals surface area contributed by atoms with Gasteiger partial charge in [0.2, 0.25) is 5.78 Å². The number of aromatic amines is 1. The van der Waals surface area contributed by atoms with Crippen molar-refractivity contribution < 1.29 is 24.8 Å². The molecule has 7 heteroatoms. The Morgan fingerprint density at radius 1 is 1.10 bits per heavy atom. The van der Waals surface area contributed by atoms with Crippen LogP contribution in [-0.2, 0) is 9.59 Å². The molecule has 0 unspecified atom stereocenters. The molecule has 106 valence electrons. The number of aliphatic hydroxyl groups is 1. The maximum absolute atomic E-state index is 10.9. The number of hydrogen-bond acceptors (Lipinski definition) is 4. The number of allylic oxidation sites excluding steroid dienone is 2. The standard InChI is InChI=1S/C7H9N.C6H2Br2O4/c1-6-3-4-7(2)8-5-6;7-1-3(9)5(11)2(8)6(12)4(1)10/h3-5H,1-2H3;9,12H. The largest absolute Gasteiger partial charge is 0.869 e. The molecule has 1 aliphatic carbocycles. The summed E-state index contributed by atoms with van der Waals surface area (Å²) in [4.78, 5) is 24.9. The number of rotatable bonds is 0. The fourth-order valence-electron chi connectivity index (χ4n) is 1.19. The van der Waals surface area contributed by atoms with Gasteiger partial charge in [-0.2, -0.15) is 0 Å². The Hall–Kier alpha value is -1.47. The number of carbonyl (C=O) groups is 2. The highest BCUT2D eigenvalue weighted by Gasteiger charge is 2.27. The van der Waals surface area contributed by atoms with Gasteiger partial charge in [-0.05, 0) is 50.6 Å². The van der Waals surface area contributed by atoms with Gasteiger partial charge in [0, 0.05) is 18.6 Å². The van der Waals surface area contributed by atoms with E-state index in [2.05, 4.69) is 55.9 Å². The molecule has 1 aromatic rings. The van der Waals surface area contributed by atoms with E-state index >= 15 is 0 Å². The van der Waals surface area contributed by atoms with Gasteiger partial charge in [-0.25, -0.2) is 4.98 Å². The Morgan fingerprint density at radius 2 is 1.70 bits per heavy atom. The third kappa shape index (κ3) is 3.77. The van der Waals surface area contributed by atoms with Crippen LogP contribution in [0.2, 0.25) is 0 Å². The second kappa shape index (κ2) is 6.81. The van der Waals surface area contributed by atoms with Gasteiger partial charge in [-0.3, -0.25) is 9.59 Å². The Morgan fingerprint density at radius 3 is 2.15 bits per heavy atom. The molecule has 0 saturated heterocycles. The molecule has 2 rings (SSSR count). The van der Waals surface area contributed by atoms with Crippen molar-refractivity contribution in [3.8, 4) is 0 Å². The van der Waals surface area contributed by atoms with Crippen molar-refractivity contribution in [3.05, 3.63) is 50.1 Å². The fraction of sp³-hybridized carbons (Fsp3) is 0.154. The molecule has 1 heterocycles. The van der Waals surface area contributed by atoms with E-state index in [1.165, 1.54) is 11.3 Å². The highest BCUT2D eigenvalue weighted by molar-refractivity contribution is 9.12. The van der Waals surface area contributed by atoms with Gasteiger partial charge in [-0.15, -0.1) is 0 Å². The van der Waals surface area contributed by atoms with E-state index < -0.39 is 27.6 Å². The van der Waals surface area contributed by atoms with E-state index in [4.69, 9.17) is 5.11 Å². The summed E-state index contributed by atoms with van der Waals surface area (Å²) >= 11 is 5.24. The third-order valence-electron chi connectivity index (χ3n) is 2.35. The van der Waals surface area contributed by atoms with E-state index in [9.17, 15) is 14.7 Å². The lowest BCUT2D eigenvalue weighted by Crippen LogP contribution is -2.26. The summed E-state index contributed by atoms with van der Waals surface area (Å²) in [5.41, 5.74) is 2.48. The molecule has 20 heavy (non-hydrogen) atoms. The zero-order valence-electron chi connectivity index (χ0n) is 10.7. The first-order chi connectivity index (χ1) is 9.25. The van der Waals surface area contributed by atoms with Gasteiger partial charge in [0.15, 0.2) is 23.4 Å². The summed E-state index contributed by atoms with van der Waals surface area (Å²) in [5, 5.41) is 19.8. The van der Waals surface area contributed by atoms with Crippen LogP contribution in [0, 0.1) is 13.8 Å². The minimum absolute atomic E-state index is 0.388. The number of halogens is 2. The molecule has 2 N–H and O–H groups in total. The van der Waals surface area contributed by atoms with Crippen LogP contribution in [0.25, 0.3) is 0 Å². The van der Waals surface area contributed by atoms with Crippen molar-refractivity contribution in [2.45, 2.75) is 13.8 Å². The minimum Gasteiger partial charge on any atom is -0.869 e. The van der Waals surface area contributed by atoms with Crippen molar-refractivity contribution in [3.63, 3.8) is 0 Å². The smallest absolute Gasteiger partial charge is 0.235 e. The lowest BCUT2D eigenvalue weighted by atomic mass is 10.1. The van der Waals surface area contributed by atoms with Crippen LogP contribution in [0.1, 0.15) is 11.3 Å². The van der Waals surface area contributed by atoms with Crippen molar-refractivity contribution in [1.29, 1.82) is 0 Å². The highest BCUT2D eigenvalue weighted by Crippen LogP contribution is 2.27. The molecule has 5 nitrogen and oxygen atoms in total. The first kappa shape index (κ1) is 16.6. The van der Waals surface area contributed by atoms with Crippen LogP contribution in [-0.4, -0.2) is 16.7 Å². The zero-order valence-corrected chi connectivity index (χ0v) is 13.8. The molecule has 0 fully saturated rings. The lowest BCUT2D eigenvalue weighted by molar-refractivity contribution is -0.388. The fourth-order valence-corrected chi connectivity index (χ4v) is 1.92. The predicted molar refractivity (Wildman–Crippen MR) is 77.0 cm³/mol. The summed E-state index contributed by atoms with van der Waals surface area (Å²) in [6.07, 6.45) is 2.00. The number of aliphatic hydroxyl groups excluding tert-OH is 1. The third-order valence-corrected chi connectivity index (χ3v) is 3.81. The van der Waals surface area contributed by atoms with Crippen LogP contribution in [0.3, 0.4) is 0 Å². The normalized spacial score (nSPS) is 15.2. The zero-order chi connectivity index (χ0) is 15.4. The maximum atomic E-state index is 10.9. The number of pyridine rings is 1. The van der Waals surface area contributed by atoms with Crippen molar-refractivity contribution >= 4 is 43.4 Å². The molecule has 0 radical (unpaired) electrons. The molecule has 0 aliphatic heterocycles. The summed E-state index contributed by atoms with van der Waals surface area (Å²) < 4.78 is -0.825. The molecule has 1 aliphatic rings. The first-order valence-electron chi connectivity index (χ1n) is 5.45. The van der Waals surface area contributed by atoms with E-state index in [-0.39, 0.29) is 4.48 Å². The molecule has 0 bridgehead atoms. The molecular formula is C13H11Br2NO4. The summed E-state index contributed by atoms with van der Waals surface area (Å²) in [7, 11) is 0. The summed E-state index contributed by atoms with van der Waals surface area (Å²) in [5.74, 6) is -3.51. The Kier molecular flexibility index (Phi) is 5.64. The van der Waals surface area contributed by atoms with Gasteiger partial charge < -0.3 is 10.2 Å². The molecule has 0 aromatic carbocycles. The predicted octanol–water partition coefficient (Wildman–Crippen LogP) is 1.39. The van der Waals surface area contributed by atoms with Gasteiger partial charge in [-0.1, -0.05) is 0 Å². The van der Waals surface area contributed by atoms with Gasteiger partial charge in [0.25, 0.3) is 0 Å². The molecule has 0 atom stereocenters. The number of nitrogens with one attached hydrogen (secondary N) is 1. The van der Waals surface area contributed by atoms with E-state index in [1.807, 2.05) is 13.1 Å². The maximum Gasteiger partial charge on any atom is 0.235 e. The first-order valence-corrected chi connectivity index (χ1v) is 7.04. The number of carbonyl (C=O) groups excluding carboxylic acids is 2. The number of aryl methyl sites for hydroxylation is 2. The van der Waals surface area contributed by atoms with Crippen LogP contribution < -0.4 is 10.1 Å².